The molecule has 3 rings (SSSR count). The third-order valence-corrected chi connectivity index (χ3v) is 5.34. The summed E-state index contributed by atoms with van der Waals surface area (Å²) in [4.78, 5) is 12.7. The fourth-order valence-electron chi connectivity index (χ4n) is 2.68. The maximum absolute atomic E-state index is 12.7. The van der Waals surface area contributed by atoms with E-state index in [0.29, 0.717) is 16.5 Å². The standard InChI is InChI=1S/C20H21N3O3S/c1-13(18(24)14-9-11-15(25-3)12-10-14)27-20-22-21-19(23(20)2)16-7-5-6-8-17(16)26-4/h5-13H,1-4H3/t13-/m0/s1. The van der Waals surface area contributed by atoms with Crippen LogP contribution in [-0.2, 0) is 7.05 Å². The minimum Gasteiger partial charge on any atom is -0.497 e. The first-order chi connectivity index (χ1) is 13.0. The van der Waals surface area contributed by atoms with Crippen LogP contribution in [-0.4, -0.2) is 40.0 Å². The van der Waals surface area contributed by atoms with E-state index in [-0.39, 0.29) is 11.0 Å². The van der Waals surface area contributed by atoms with Crippen LogP contribution < -0.4 is 9.47 Å². The van der Waals surface area contributed by atoms with Gasteiger partial charge in [0.1, 0.15) is 11.5 Å². The van der Waals surface area contributed by atoms with Gasteiger partial charge in [-0.3, -0.25) is 4.79 Å². The topological polar surface area (TPSA) is 66.2 Å². The molecule has 1 heterocycles. The lowest BCUT2D eigenvalue weighted by Crippen LogP contribution is -2.14. The minimum absolute atomic E-state index is 0.0319. The van der Waals surface area contributed by atoms with Gasteiger partial charge in [-0.2, -0.15) is 0 Å². The van der Waals surface area contributed by atoms with Crippen molar-refractivity contribution >= 4 is 17.5 Å². The molecule has 0 amide bonds. The van der Waals surface area contributed by atoms with Crippen molar-refractivity contribution in [2.24, 2.45) is 7.05 Å². The Labute approximate surface area is 162 Å². The van der Waals surface area contributed by atoms with Crippen molar-refractivity contribution in [3.05, 3.63) is 54.1 Å². The van der Waals surface area contributed by atoms with Crippen LogP contribution in [0.5, 0.6) is 11.5 Å². The van der Waals surface area contributed by atoms with E-state index in [1.54, 1.807) is 38.5 Å². The smallest absolute Gasteiger partial charge is 0.191 e. The minimum atomic E-state index is -0.299. The van der Waals surface area contributed by atoms with E-state index in [9.17, 15) is 4.79 Å². The lowest BCUT2D eigenvalue weighted by Gasteiger charge is -2.11. The summed E-state index contributed by atoms with van der Waals surface area (Å²) in [6.45, 7) is 1.87. The number of benzene rings is 2. The maximum atomic E-state index is 12.7. The molecule has 0 spiro atoms. The van der Waals surface area contributed by atoms with Gasteiger partial charge in [0.05, 0.1) is 25.0 Å². The quantitative estimate of drug-likeness (QED) is 0.456. The monoisotopic (exact) mass is 383 g/mol. The highest BCUT2D eigenvalue weighted by Crippen LogP contribution is 2.31. The molecule has 0 fully saturated rings. The summed E-state index contributed by atoms with van der Waals surface area (Å²) in [6.07, 6.45) is 0. The Balaban J connectivity index is 1.79. The molecule has 0 N–H and O–H groups in total. The second-order valence-electron chi connectivity index (χ2n) is 5.92. The summed E-state index contributed by atoms with van der Waals surface area (Å²) in [5.74, 6) is 2.18. The van der Waals surface area contributed by atoms with E-state index in [1.807, 2.05) is 42.8 Å². The molecule has 0 saturated carbocycles. The van der Waals surface area contributed by atoms with E-state index in [0.717, 1.165) is 17.1 Å². The Morgan fingerprint density at radius 2 is 1.74 bits per heavy atom. The fourth-order valence-corrected chi connectivity index (χ4v) is 3.57. The first-order valence-electron chi connectivity index (χ1n) is 8.43. The van der Waals surface area contributed by atoms with E-state index >= 15 is 0 Å². The van der Waals surface area contributed by atoms with Crippen molar-refractivity contribution in [1.82, 2.24) is 14.8 Å². The third-order valence-electron chi connectivity index (χ3n) is 4.21. The first-order valence-corrected chi connectivity index (χ1v) is 9.30. The zero-order chi connectivity index (χ0) is 19.4. The number of ketones is 1. The van der Waals surface area contributed by atoms with Crippen molar-refractivity contribution in [3.63, 3.8) is 0 Å². The molecule has 0 aliphatic rings. The van der Waals surface area contributed by atoms with Crippen molar-refractivity contribution in [2.75, 3.05) is 14.2 Å². The number of carbonyl (C=O) groups is 1. The predicted molar refractivity (Wildman–Crippen MR) is 106 cm³/mol. The Morgan fingerprint density at radius 3 is 2.41 bits per heavy atom. The van der Waals surface area contributed by atoms with E-state index in [4.69, 9.17) is 9.47 Å². The van der Waals surface area contributed by atoms with Crippen LogP contribution in [0.25, 0.3) is 11.4 Å². The molecule has 0 aliphatic heterocycles. The molecule has 7 heteroatoms. The fraction of sp³-hybridized carbons (Fsp3) is 0.250. The largest absolute Gasteiger partial charge is 0.497 e. The Kier molecular flexibility index (Phi) is 5.81. The van der Waals surface area contributed by atoms with Gasteiger partial charge in [-0.15, -0.1) is 10.2 Å². The zero-order valence-electron chi connectivity index (χ0n) is 15.7. The molecule has 2 aromatic carbocycles. The molecule has 0 saturated heterocycles. The van der Waals surface area contributed by atoms with Crippen LogP contribution in [0.3, 0.4) is 0 Å². The molecule has 0 bridgehead atoms. The normalized spacial score (nSPS) is 11.9. The molecular formula is C20H21N3O3S. The number of hydrogen-bond acceptors (Lipinski definition) is 6. The van der Waals surface area contributed by atoms with Crippen LogP contribution in [0.15, 0.2) is 53.7 Å². The summed E-state index contributed by atoms with van der Waals surface area (Å²) in [7, 11) is 5.11. The SMILES string of the molecule is COc1ccc(C(=O)[C@H](C)Sc2nnc(-c3ccccc3OC)n2C)cc1. The van der Waals surface area contributed by atoms with Crippen LogP contribution in [0, 0.1) is 0 Å². The van der Waals surface area contributed by atoms with Crippen molar-refractivity contribution in [2.45, 2.75) is 17.3 Å². The Morgan fingerprint density at radius 1 is 1.04 bits per heavy atom. The lowest BCUT2D eigenvalue weighted by atomic mass is 10.1. The number of carbonyl (C=O) groups excluding carboxylic acids is 1. The van der Waals surface area contributed by atoms with Gasteiger partial charge >= 0.3 is 0 Å². The van der Waals surface area contributed by atoms with Gasteiger partial charge < -0.3 is 14.0 Å². The summed E-state index contributed by atoms with van der Waals surface area (Å²) < 4.78 is 12.4. The van der Waals surface area contributed by atoms with E-state index in [1.165, 1.54) is 11.8 Å². The Bertz CT molecular complexity index is 938. The van der Waals surface area contributed by atoms with Gasteiger partial charge in [0.25, 0.3) is 0 Å². The van der Waals surface area contributed by atoms with Crippen molar-refractivity contribution < 1.29 is 14.3 Å². The molecule has 27 heavy (non-hydrogen) atoms. The van der Waals surface area contributed by atoms with Gasteiger partial charge in [0, 0.05) is 12.6 Å². The molecule has 6 nitrogen and oxygen atoms in total. The van der Waals surface area contributed by atoms with E-state index < -0.39 is 0 Å². The first kappa shape index (κ1) is 19.0. The highest BCUT2D eigenvalue weighted by atomic mass is 32.2. The molecule has 3 aromatic rings. The van der Waals surface area contributed by atoms with Gasteiger partial charge in [-0.1, -0.05) is 23.9 Å². The van der Waals surface area contributed by atoms with Gasteiger partial charge in [-0.25, -0.2) is 0 Å². The molecule has 0 unspecified atom stereocenters. The van der Waals surface area contributed by atoms with Gasteiger partial charge in [-0.05, 0) is 43.3 Å². The van der Waals surface area contributed by atoms with Crippen molar-refractivity contribution in [1.29, 1.82) is 0 Å². The number of methoxy groups -OCH3 is 2. The lowest BCUT2D eigenvalue weighted by molar-refractivity contribution is 0.0994. The number of Topliss-reactive ketones (excluding diaryl/α,β-unsaturated/α-hetero) is 1. The molecule has 140 valence electrons. The average molecular weight is 383 g/mol. The number of aromatic nitrogens is 3. The van der Waals surface area contributed by atoms with Crippen molar-refractivity contribution in [3.8, 4) is 22.9 Å². The molecule has 1 aromatic heterocycles. The van der Waals surface area contributed by atoms with Crippen LogP contribution in [0.1, 0.15) is 17.3 Å². The molecule has 0 radical (unpaired) electrons. The second kappa shape index (κ2) is 8.26. The number of para-hydroxylation sites is 1. The summed E-state index contributed by atoms with van der Waals surface area (Å²) in [5.41, 5.74) is 1.50. The number of nitrogens with zero attached hydrogens (tertiary/aromatic N) is 3. The summed E-state index contributed by atoms with van der Waals surface area (Å²) >= 11 is 1.38. The number of hydrogen-bond donors (Lipinski definition) is 0. The summed E-state index contributed by atoms with van der Waals surface area (Å²) in [5, 5.41) is 8.92. The number of ether oxygens (including phenoxy) is 2. The van der Waals surface area contributed by atoms with Crippen LogP contribution in [0.2, 0.25) is 0 Å². The maximum Gasteiger partial charge on any atom is 0.191 e. The third kappa shape index (κ3) is 3.98. The van der Waals surface area contributed by atoms with E-state index in [2.05, 4.69) is 10.2 Å². The number of thioether (sulfide) groups is 1. The second-order valence-corrected chi connectivity index (χ2v) is 7.23. The highest BCUT2D eigenvalue weighted by Gasteiger charge is 2.21. The van der Waals surface area contributed by atoms with Crippen LogP contribution in [0.4, 0.5) is 0 Å². The highest BCUT2D eigenvalue weighted by molar-refractivity contribution is 8.00. The summed E-state index contributed by atoms with van der Waals surface area (Å²) in [6, 6.07) is 14.8. The predicted octanol–water partition coefficient (Wildman–Crippen LogP) is 3.86. The van der Waals surface area contributed by atoms with Gasteiger partial charge in [0.2, 0.25) is 0 Å². The average Bonchev–Trinajstić information content (AvgIpc) is 3.07. The molecule has 0 aliphatic carbocycles. The Hall–Kier alpha value is -2.80. The number of rotatable bonds is 7. The van der Waals surface area contributed by atoms with Crippen LogP contribution >= 0.6 is 11.8 Å². The zero-order valence-corrected chi connectivity index (χ0v) is 16.5. The molecular weight excluding hydrogens is 362 g/mol. The van der Waals surface area contributed by atoms with Gasteiger partial charge in [0.15, 0.2) is 16.8 Å². The molecule has 1 atom stereocenters.